The number of nitrogens with zero attached hydrogens (tertiary/aromatic N) is 2. The molecule has 166 valence electrons. The SMILES string of the molecule is CCCCCCCCCCCC(=O)NCC(=O)NN=Cc1ccc(Cl)c([N+](=O)[O-])c1. The summed E-state index contributed by atoms with van der Waals surface area (Å²) in [6, 6.07) is 4.18. The molecule has 30 heavy (non-hydrogen) atoms. The number of halogens is 1. The maximum absolute atomic E-state index is 11.8. The minimum absolute atomic E-state index is 0.0240. The van der Waals surface area contributed by atoms with E-state index in [1.807, 2.05) is 0 Å². The molecule has 1 aromatic carbocycles. The van der Waals surface area contributed by atoms with Crippen LogP contribution < -0.4 is 10.7 Å². The topological polar surface area (TPSA) is 114 Å². The molecule has 0 aromatic heterocycles. The second-order valence-corrected chi connectivity index (χ2v) is 7.52. The number of carbonyl (C=O) groups is 2. The van der Waals surface area contributed by atoms with Crippen molar-refractivity contribution in [2.75, 3.05) is 6.54 Å². The van der Waals surface area contributed by atoms with E-state index in [1.54, 1.807) is 0 Å². The second-order valence-electron chi connectivity index (χ2n) is 7.12. The van der Waals surface area contributed by atoms with Crippen LogP contribution in [0, 0.1) is 10.1 Å². The zero-order valence-electron chi connectivity index (χ0n) is 17.5. The van der Waals surface area contributed by atoms with Gasteiger partial charge in [0.1, 0.15) is 5.02 Å². The average molecular weight is 439 g/mol. The third kappa shape index (κ3) is 11.5. The van der Waals surface area contributed by atoms with Crippen molar-refractivity contribution >= 4 is 35.3 Å². The van der Waals surface area contributed by atoms with Crippen LogP contribution in [0.15, 0.2) is 23.3 Å². The predicted octanol–water partition coefficient (Wildman–Crippen LogP) is 4.74. The average Bonchev–Trinajstić information content (AvgIpc) is 2.72. The Hall–Kier alpha value is -2.48. The van der Waals surface area contributed by atoms with E-state index in [1.165, 1.54) is 62.9 Å². The molecule has 1 aromatic rings. The molecule has 0 atom stereocenters. The van der Waals surface area contributed by atoms with Gasteiger partial charge in [-0.2, -0.15) is 5.10 Å². The zero-order valence-corrected chi connectivity index (χ0v) is 18.2. The van der Waals surface area contributed by atoms with Gasteiger partial charge in [-0.15, -0.1) is 0 Å². The number of hydrogen-bond acceptors (Lipinski definition) is 5. The molecule has 2 N–H and O–H groups in total. The molecule has 0 heterocycles. The molecule has 0 fully saturated rings. The smallest absolute Gasteiger partial charge is 0.288 e. The van der Waals surface area contributed by atoms with Gasteiger partial charge in [0.25, 0.3) is 11.6 Å². The Morgan fingerprint density at radius 2 is 1.70 bits per heavy atom. The molecule has 0 spiro atoms. The van der Waals surface area contributed by atoms with Gasteiger partial charge in [-0.1, -0.05) is 76.0 Å². The first kappa shape index (κ1) is 25.6. The van der Waals surface area contributed by atoms with E-state index in [9.17, 15) is 19.7 Å². The van der Waals surface area contributed by atoms with Crippen molar-refractivity contribution in [2.24, 2.45) is 5.10 Å². The molecule has 0 saturated carbocycles. The molecule has 0 aliphatic heterocycles. The molecule has 8 nitrogen and oxygen atoms in total. The van der Waals surface area contributed by atoms with Gasteiger partial charge in [0.2, 0.25) is 5.91 Å². The lowest BCUT2D eigenvalue weighted by Crippen LogP contribution is -2.34. The van der Waals surface area contributed by atoms with Gasteiger partial charge >= 0.3 is 0 Å². The van der Waals surface area contributed by atoms with E-state index >= 15 is 0 Å². The van der Waals surface area contributed by atoms with Gasteiger partial charge in [-0.3, -0.25) is 19.7 Å². The number of benzene rings is 1. The summed E-state index contributed by atoms with van der Waals surface area (Å²) in [5.41, 5.74) is 2.44. The molecule has 0 bridgehead atoms. The Balaban J connectivity index is 2.15. The summed E-state index contributed by atoms with van der Waals surface area (Å²) in [6.45, 7) is 2.04. The van der Waals surface area contributed by atoms with Gasteiger partial charge in [-0.05, 0) is 12.5 Å². The summed E-state index contributed by atoms with van der Waals surface area (Å²) in [5, 5.41) is 17.2. The molecule has 0 aliphatic rings. The number of hydrazone groups is 1. The number of nitrogens with one attached hydrogen (secondary N) is 2. The van der Waals surface area contributed by atoms with E-state index in [0.29, 0.717) is 12.0 Å². The monoisotopic (exact) mass is 438 g/mol. The van der Waals surface area contributed by atoms with Gasteiger partial charge in [0.05, 0.1) is 17.7 Å². The van der Waals surface area contributed by atoms with Crippen LogP contribution in [0.4, 0.5) is 5.69 Å². The number of unbranched alkanes of at least 4 members (excludes halogenated alkanes) is 8. The highest BCUT2D eigenvalue weighted by molar-refractivity contribution is 6.32. The number of amides is 2. The van der Waals surface area contributed by atoms with Crippen LogP contribution in [-0.4, -0.2) is 29.5 Å². The standard InChI is InChI=1S/C21H31ClN4O4/c1-2-3-4-5-6-7-8-9-10-11-20(27)23-16-21(28)25-24-15-17-12-13-18(22)19(14-17)26(29)30/h12-15H,2-11,16H2,1H3,(H,23,27)(H,25,28). The predicted molar refractivity (Wildman–Crippen MR) is 119 cm³/mol. The van der Waals surface area contributed by atoms with Crippen LogP contribution in [0.5, 0.6) is 0 Å². The van der Waals surface area contributed by atoms with E-state index in [0.717, 1.165) is 19.3 Å². The lowest BCUT2D eigenvalue weighted by Gasteiger charge is -2.05. The summed E-state index contributed by atoms with van der Waals surface area (Å²) >= 11 is 5.73. The summed E-state index contributed by atoms with van der Waals surface area (Å²) in [6.07, 6.45) is 12.3. The first-order valence-electron chi connectivity index (χ1n) is 10.5. The second kappa shape index (κ2) is 15.4. The Labute approximate surface area is 182 Å². The summed E-state index contributed by atoms with van der Waals surface area (Å²) in [4.78, 5) is 33.7. The minimum Gasteiger partial charge on any atom is -0.347 e. The zero-order chi connectivity index (χ0) is 22.2. The largest absolute Gasteiger partial charge is 0.347 e. The number of nitro benzene ring substituents is 1. The fraction of sp³-hybridized carbons (Fsp3) is 0.571. The van der Waals surface area contributed by atoms with Crippen LogP contribution in [0.3, 0.4) is 0 Å². The maximum atomic E-state index is 11.8. The molecule has 0 unspecified atom stereocenters. The van der Waals surface area contributed by atoms with Crippen LogP contribution in [0.2, 0.25) is 5.02 Å². The van der Waals surface area contributed by atoms with Crippen molar-refractivity contribution in [3.8, 4) is 0 Å². The fourth-order valence-corrected chi connectivity index (χ4v) is 3.02. The number of rotatable bonds is 15. The third-order valence-corrected chi connectivity index (χ3v) is 4.84. The molecule has 0 saturated heterocycles. The highest BCUT2D eigenvalue weighted by atomic mass is 35.5. The molecule has 1 rings (SSSR count). The van der Waals surface area contributed by atoms with Crippen molar-refractivity contribution in [1.29, 1.82) is 0 Å². The fourth-order valence-electron chi connectivity index (χ4n) is 2.83. The number of hydrogen-bond donors (Lipinski definition) is 2. The minimum atomic E-state index is -0.596. The van der Waals surface area contributed by atoms with Crippen LogP contribution in [0.25, 0.3) is 0 Å². The molecule has 2 amide bonds. The highest BCUT2D eigenvalue weighted by Gasteiger charge is 2.12. The lowest BCUT2D eigenvalue weighted by atomic mass is 10.1. The molecule has 9 heteroatoms. The molecular formula is C21H31ClN4O4. The Bertz CT molecular complexity index is 725. The number of carbonyl (C=O) groups excluding carboxylic acids is 2. The van der Waals surface area contributed by atoms with Gasteiger partial charge in [0.15, 0.2) is 0 Å². The summed E-state index contributed by atoms with van der Waals surface area (Å²) in [5.74, 6) is -0.638. The first-order valence-corrected chi connectivity index (χ1v) is 10.8. The molecule has 0 radical (unpaired) electrons. The molecular weight excluding hydrogens is 408 g/mol. The van der Waals surface area contributed by atoms with Gasteiger partial charge < -0.3 is 5.32 Å². The van der Waals surface area contributed by atoms with Crippen molar-refractivity contribution in [2.45, 2.75) is 71.1 Å². The van der Waals surface area contributed by atoms with E-state index in [-0.39, 0.29) is 23.2 Å². The third-order valence-electron chi connectivity index (χ3n) is 4.52. The van der Waals surface area contributed by atoms with Gasteiger partial charge in [-0.25, -0.2) is 5.43 Å². The molecule has 0 aliphatic carbocycles. The van der Waals surface area contributed by atoms with Crippen molar-refractivity contribution in [1.82, 2.24) is 10.7 Å². The Kier molecular flexibility index (Phi) is 13.1. The highest BCUT2D eigenvalue weighted by Crippen LogP contribution is 2.24. The summed E-state index contributed by atoms with van der Waals surface area (Å²) < 4.78 is 0. The van der Waals surface area contributed by atoms with Crippen molar-refractivity contribution in [3.63, 3.8) is 0 Å². The normalized spacial score (nSPS) is 10.9. The van der Waals surface area contributed by atoms with Crippen molar-refractivity contribution < 1.29 is 14.5 Å². The Morgan fingerprint density at radius 1 is 1.07 bits per heavy atom. The maximum Gasteiger partial charge on any atom is 0.288 e. The van der Waals surface area contributed by atoms with Crippen molar-refractivity contribution in [3.05, 3.63) is 38.9 Å². The van der Waals surface area contributed by atoms with Crippen LogP contribution in [0.1, 0.15) is 76.7 Å². The summed E-state index contributed by atoms with van der Waals surface area (Å²) in [7, 11) is 0. The van der Waals surface area contributed by atoms with E-state index in [4.69, 9.17) is 11.6 Å². The van der Waals surface area contributed by atoms with E-state index < -0.39 is 10.8 Å². The Morgan fingerprint density at radius 3 is 2.33 bits per heavy atom. The van der Waals surface area contributed by atoms with E-state index in [2.05, 4.69) is 22.8 Å². The number of nitro groups is 1. The quantitative estimate of drug-likeness (QED) is 0.178. The first-order chi connectivity index (χ1) is 14.4. The lowest BCUT2D eigenvalue weighted by molar-refractivity contribution is -0.384. The van der Waals surface area contributed by atoms with Crippen LogP contribution >= 0.6 is 11.6 Å². The van der Waals surface area contributed by atoms with Gasteiger partial charge in [0, 0.05) is 18.1 Å². The van der Waals surface area contributed by atoms with Crippen LogP contribution in [-0.2, 0) is 9.59 Å².